The molecule has 0 radical (unpaired) electrons. The largest absolute Gasteiger partial charge is 0.384 e. The van der Waals surface area contributed by atoms with Gasteiger partial charge in [0.1, 0.15) is 5.82 Å². The Morgan fingerprint density at radius 2 is 2.09 bits per heavy atom. The van der Waals surface area contributed by atoms with E-state index in [1.54, 1.807) is 23.5 Å². The Hall–Kier alpha value is -2.06. The van der Waals surface area contributed by atoms with Crippen LogP contribution in [0.4, 0.5) is 0 Å². The maximum Gasteiger partial charge on any atom is 0.209 e. The molecule has 0 aliphatic carbocycles. The van der Waals surface area contributed by atoms with E-state index in [1.807, 2.05) is 25.1 Å². The summed E-state index contributed by atoms with van der Waals surface area (Å²) in [4.78, 5) is 4.58. The quantitative estimate of drug-likeness (QED) is 0.523. The van der Waals surface area contributed by atoms with Crippen LogP contribution in [0.1, 0.15) is 11.6 Å². The first-order chi connectivity index (χ1) is 11.2. The highest BCUT2D eigenvalue weighted by Crippen LogP contribution is 2.19. The average Bonchev–Trinajstić information content (AvgIpc) is 3.06. The predicted octanol–water partition coefficient (Wildman–Crippen LogP) is 1.63. The molecule has 8 heteroatoms. The van der Waals surface area contributed by atoms with Crippen LogP contribution in [-0.4, -0.2) is 43.9 Å². The zero-order valence-electron chi connectivity index (χ0n) is 13.3. The van der Waals surface area contributed by atoms with Gasteiger partial charge in [-0.2, -0.15) is 0 Å². The van der Waals surface area contributed by atoms with E-state index in [1.165, 1.54) is 0 Å². The van der Waals surface area contributed by atoms with Crippen LogP contribution in [0.2, 0.25) is 0 Å². The van der Waals surface area contributed by atoms with E-state index in [4.69, 9.17) is 10.6 Å². The fraction of sp³-hybridized carbons (Fsp3) is 0.400. The molecule has 0 fully saturated rings. The van der Waals surface area contributed by atoms with Crippen LogP contribution in [0.25, 0.3) is 11.0 Å². The molecule has 3 rings (SSSR count). The number of aromatic nitrogens is 5. The molecule has 0 bridgehead atoms. The standard InChI is InChI=1S/C15H20N6OS/c1-11-17-12-5-3-4-6-13(12)20(11)8-10-23-15-19-18-14(21(15)16)7-9-22-2/h3-6H,7-10,16H2,1-2H3. The summed E-state index contributed by atoms with van der Waals surface area (Å²) in [5, 5.41) is 8.97. The molecule has 3 aromatic rings. The summed E-state index contributed by atoms with van der Waals surface area (Å²) in [6.07, 6.45) is 0.659. The highest BCUT2D eigenvalue weighted by Gasteiger charge is 2.11. The van der Waals surface area contributed by atoms with Crippen LogP contribution in [0, 0.1) is 6.92 Å². The van der Waals surface area contributed by atoms with Gasteiger partial charge in [0.15, 0.2) is 5.82 Å². The number of ether oxygens (including phenoxy) is 1. The van der Waals surface area contributed by atoms with Crippen LogP contribution in [-0.2, 0) is 17.7 Å². The van der Waals surface area contributed by atoms with Crippen LogP contribution in [0.3, 0.4) is 0 Å². The van der Waals surface area contributed by atoms with E-state index >= 15 is 0 Å². The van der Waals surface area contributed by atoms with E-state index in [2.05, 4.69) is 25.8 Å². The van der Waals surface area contributed by atoms with Gasteiger partial charge in [-0.05, 0) is 19.1 Å². The van der Waals surface area contributed by atoms with Crippen LogP contribution < -0.4 is 5.84 Å². The summed E-state index contributed by atoms with van der Waals surface area (Å²) in [5.74, 6) is 8.62. The first-order valence-corrected chi connectivity index (χ1v) is 8.42. The number of nitrogens with two attached hydrogens (primary N) is 1. The fourth-order valence-corrected chi connectivity index (χ4v) is 3.28. The number of fused-ring (bicyclic) bond motifs is 1. The van der Waals surface area contributed by atoms with Gasteiger partial charge in [0, 0.05) is 25.8 Å². The molecule has 0 saturated heterocycles. The summed E-state index contributed by atoms with van der Waals surface area (Å²) < 4.78 is 8.80. The normalized spacial score (nSPS) is 11.4. The van der Waals surface area contributed by atoms with Crippen molar-refractivity contribution in [2.75, 3.05) is 25.3 Å². The second-order valence-electron chi connectivity index (χ2n) is 5.16. The van der Waals surface area contributed by atoms with Gasteiger partial charge >= 0.3 is 0 Å². The Morgan fingerprint density at radius 1 is 1.26 bits per heavy atom. The minimum atomic E-state index is 0.584. The maximum absolute atomic E-state index is 6.02. The molecule has 0 saturated carbocycles. The molecular formula is C15H20N6OS. The summed E-state index contributed by atoms with van der Waals surface area (Å²) in [7, 11) is 1.66. The van der Waals surface area contributed by atoms with Crippen molar-refractivity contribution >= 4 is 22.8 Å². The molecule has 2 aromatic heterocycles. The van der Waals surface area contributed by atoms with Crippen molar-refractivity contribution in [3.05, 3.63) is 35.9 Å². The van der Waals surface area contributed by atoms with Gasteiger partial charge in [0.2, 0.25) is 5.16 Å². The lowest BCUT2D eigenvalue weighted by Gasteiger charge is -2.07. The first kappa shape index (κ1) is 15.8. The third-order valence-corrected chi connectivity index (χ3v) is 4.58. The summed E-state index contributed by atoms with van der Waals surface area (Å²) in [5.41, 5.74) is 2.18. The highest BCUT2D eigenvalue weighted by molar-refractivity contribution is 7.99. The number of methoxy groups -OCH3 is 1. The van der Waals surface area contributed by atoms with Crippen molar-refractivity contribution in [2.45, 2.75) is 25.0 Å². The lowest BCUT2D eigenvalue weighted by molar-refractivity contribution is 0.200. The Balaban J connectivity index is 1.65. The fourth-order valence-electron chi connectivity index (χ4n) is 2.48. The third-order valence-electron chi connectivity index (χ3n) is 3.66. The van der Waals surface area contributed by atoms with Crippen LogP contribution in [0.15, 0.2) is 29.4 Å². The van der Waals surface area contributed by atoms with Crippen molar-refractivity contribution < 1.29 is 4.74 Å². The zero-order valence-corrected chi connectivity index (χ0v) is 14.1. The van der Waals surface area contributed by atoms with Crippen molar-refractivity contribution in [3.8, 4) is 0 Å². The minimum Gasteiger partial charge on any atom is -0.384 e. The molecular weight excluding hydrogens is 312 g/mol. The number of para-hydroxylation sites is 2. The SMILES string of the molecule is COCCc1nnc(SCCn2c(C)nc3ccccc32)n1N. The number of hydrogen-bond donors (Lipinski definition) is 1. The van der Waals surface area contributed by atoms with E-state index in [-0.39, 0.29) is 0 Å². The molecule has 2 N–H and O–H groups in total. The summed E-state index contributed by atoms with van der Waals surface area (Å²) in [6.45, 7) is 3.45. The van der Waals surface area contributed by atoms with Gasteiger partial charge in [-0.1, -0.05) is 23.9 Å². The molecule has 0 amide bonds. The van der Waals surface area contributed by atoms with Gasteiger partial charge in [-0.15, -0.1) is 10.2 Å². The Morgan fingerprint density at radius 3 is 2.91 bits per heavy atom. The van der Waals surface area contributed by atoms with E-state index in [9.17, 15) is 0 Å². The Kier molecular flexibility index (Phi) is 4.82. The Bertz CT molecular complexity index is 796. The van der Waals surface area contributed by atoms with E-state index < -0.39 is 0 Å². The molecule has 2 heterocycles. The summed E-state index contributed by atoms with van der Waals surface area (Å²) in [6, 6.07) is 8.16. The number of rotatable bonds is 7. The molecule has 23 heavy (non-hydrogen) atoms. The lowest BCUT2D eigenvalue weighted by atomic mass is 10.3. The number of imidazole rings is 1. The molecule has 7 nitrogen and oxygen atoms in total. The number of benzene rings is 1. The van der Waals surface area contributed by atoms with Gasteiger partial charge in [0.05, 0.1) is 17.6 Å². The van der Waals surface area contributed by atoms with Crippen molar-refractivity contribution in [2.24, 2.45) is 0 Å². The third kappa shape index (κ3) is 3.32. The topological polar surface area (TPSA) is 83.8 Å². The smallest absolute Gasteiger partial charge is 0.209 e. The number of nitrogens with zero attached hydrogens (tertiary/aromatic N) is 5. The number of nitrogen functional groups attached to an aromatic ring is 1. The number of hydrogen-bond acceptors (Lipinski definition) is 6. The highest BCUT2D eigenvalue weighted by atomic mass is 32.2. The molecule has 1 aromatic carbocycles. The summed E-state index contributed by atoms with van der Waals surface area (Å²) >= 11 is 1.59. The number of thioether (sulfide) groups is 1. The molecule has 0 spiro atoms. The molecule has 0 aliphatic heterocycles. The van der Waals surface area contributed by atoms with Crippen LogP contribution in [0.5, 0.6) is 0 Å². The van der Waals surface area contributed by atoms with E-state index in [0.717, 1.165) is 40.1 Å². The predicted molar refractivity (Wildman–Crippen MR) is 90.9 cm³/mol. The second kappa shape index (κ2) is 7.01. The van der Waals surface area contributed by atoms with Gasteiger partial charge in [-0.3, -0.25) is 0 Å². The molecule has 0 unspecified atom stereocenters. The van der Waals surface area contributed by atoms with Crippen LogP contribution >= 0.6 is 11.8 Å². The maximum atomic E-state index is 6.02. The monoisotopic (exact) mass is 332 g/mol. The molecule has 0 atom stereocenters. The lowest BCUT2D eigenvalue weighted by Crippen LogP contribution is -2.15. The van der Waals surface area contributed by atoms with Crippen molar-refractivity contribution in [3.63, 3.8) is 0 Å². The van der Waals surface area contributed by atoms with Gasteiger partial charge in [0.25, 0.3) is 0 Å². The Labute approximate surface area is 138 Å². The minimum absolute atomic E-state index is 0.584. The zero-order chi connectivity index (χ0) is 16.2. The first-order valence-electron chi connectivity index (χ1n) is 7.43. The number of aryl methyl sites for hydroxylation is 2. The molecule has 122 valence electrons. The van der Waals surface area contributed by atoms with Crippen molar-refractivity contribution in [1.82, 2.24) is 24.4 Å². The van der Waals surface area contributed by atoms with Gasteiger partial charge in [-0.25, -0.2) is 9.66 Å². The van der Waals surface area contributed by atoms with Gasteiger partial charge < -0.3 is 15.1 Å². The van der Waals surface area contributed by atoms with Crippen molar-refractivity contribution in [1.29, 1.82) is 0 Å². The van der Waals surface area contributed by atoms with E-state index in [0.29, 0.717) is 13.0 Å². The average molecular weight is 332 g/mol. The molecule has 0 aliphatic rings. The second-order valence-corrected chi connectivity index (χ2v) is 6.22.